The number of H-pyrrole nitrogens is 2. The number of ether oxygens (including phenoxy) is 1. The van der Waals surface area contributed by atoms with E-state index < -0.39 is 0 Å². The fourth-order valence-electron chi connectivity index (χ4n) is 4.96. The molecule has 0 saturated carbocycles. The third kappa shape index (κ3) is 5.41. The van der Waals surface area contributed by atoms with E-state index in [9.17, 15) is 0 Å². The Bertz CT molecular complexity index is 943. The van der Waals surface area contributed by atoms with Crippen LogP contribution in [-0.2, 0) is 0 Å². The summed E-state index contributed by atoms with van der Waals surface area (Å²) in [6.07, 6.45) is 18.1. The van der Waals surface area contributed by atoms with Gasteiger partial charge in [-0.15, -0.1) is 0 Å². The van der Waals surface area contributed by atoms with Crippen LogP contribution in [0.4, 0.5) is 0 Å². The Morgan fingerprint density at radius 3 is 2.68 bits per heavy atom. The summed E-state index contributed by atoms with van der Waals surface area (Å²) in [7, 11) is 1.74. The Labute approximate surface area is 186 Å². The predicted octanol–water partition coefficient (Wildman–Crippen LogP) is 7.54. The van der Waals surface area contributed by atoms with Gasteiger partial charge in [-0.25, -0.2) is 0 Å². The number of aromatic nitrogens is 2. The first kappa shape index (κ1) is 21.7. The van der Waals surface area contributed by atoms with Crippen molar-refractivity contribution >= 4 is 11.8 Å². The first-order valence-corrected chi connectivity index (χ1v) is 12.1. The monoisotopic (exact) mass is 419 g/mol. The van der Waals surface area contributed by atoms with Crippen molar-refractivity contribution in [3.63, 3.8) is 0 Å². The zero-order valence-corrected chi connectivity index (χ0v) is 19.3. The molecule has 1 aliphatic carbocycles. The molecule has 0 radical (unpaired) electrons. The van der Waals surface area contributed by atoms with Crippen molar-refractivity contribution in [2.24, 2.45) is 16.8 Å². The van der Waals surface area contributed by atoms with Crippen LogP contribution in [0.1, 0.15) is 77.3 Å². The van der Waals surface area contributed by atoms with Gasteiger partial charge in [-0.1, -0.05) is 46.0 Å². The molecule has 0 spiro atoms. The number of aliphatic imine (C=N–C) groups is 1. The minimum absolute atomic E-state index is 0.579. The maximum atomic E-state index is 5.70. The lowest BCUT2D eigenvalue weighted by atomic mass is 9.84. The fraction of sp³-hybridized carbons (Fsp3) is 0.519. The average molecular weight is 420 g/mol. The number of fused-ring (bicyclic) bond motifs is 1. The maximum absolute atomic E-state index is 5.70. The van der Waals surface area contributed by atoms with Gasteiger partial charge in [-0.3, -0.25) is 4.99 Å². The standard InChI is InChI=1S/C27H37N3O/c1-19(2)15-20-11-8-6-4-5-7-9-12-21-16-22(20)24(29-21)17-26-27(31-3)18-25(30-26)23-13-10-14-28-23/h10,13-14,16-20,28,30H,4-9,11-12,15H2,1-3H3/b24-17-. The lowest BCUT2D eigenvalue weighted by molar-refractivity contribution is 0.414. The van der Waals surface area contributed by atoms with Crippen molar-refractivity contribution in [1.29, 1.82) is 0 Å². The quantitative estimate of drug-likeness (QED) is 0.517. The van der Waals surface area contributed by atoms with Crippen LogP contribution in [-0.4, -0.2) is 22.8 Å². The van der Waals surface area contributed by atoms with Gasteiger partial charge in [-0.05, 0) is 67.4 Å². The lowest BCUT2D eigenvalue weighted by Gasteiger charge is -2.21. The largest absolute Gasteiger partial charge is 0.494 e. The summed E-state index contributed by atoms with van der Waals surface area (Å²) in [5.74, 6) is 2.12. The number of hydrogen-bond donors (Lipinski definition) is 2. The Morgan fingerprint density at radius 1 is 1.13 bits per heavy atom. The molecule has 1 atom stereocenters. The summed E-state index contributed by atoms with van der Waals surface area (Å²) >= 11 is 0. The lowest BCUT2D eigenvalue weighted by Crippen LogP contribution is -2.09. The molecular formula is C27H37N3O. The molecule has 1 aliphatic heterocycles. The fourth-order valence-corrected chi connectivity index (χ4v) is 4.96. The van der Waals surface area contributed by atoms with Crippen LogP contribution in [0, 0.1) is 11.8 Å². The molecular weight excluding hydrogens is 382 g/mol. The number of nitrogens with zero attached hydrogens (tertiary/aromatic N) is 1. The van der Waals surface area contributed by atoms with E-state index in [1.54, 1.807) is 7.11 Å². The maximum Gasteiger partial charge on any atom is 0.144 e. The van der Waals surface area contributed by atoms with Crippen molar-refractivity contribution < 1.29 is 4.74 Å². The van der Waals surface area contributed by atoms with Crippen molar-refractivity contribution in [3.8, 4) is 17.1 Å². The van der Waals surface area contributed by atoms with Crippen molar-refractivity contribution in [1.82, 2.24) is 9.97 Å². The number of allylic oxidation sites excluding steroid dienone is 2. The van der Waals surface area contributed by atoms with Gasteiger partial charge in [0, 0.05) is 18.0 Å². The van der Waals surface area contributed by atoms with E-state index in [-0.39, 0.29) is 0 Å². The zero-order valence-electron chi connectivity index (χ0n) is 19.3. The molecule has 2 N–H and O–H groups in total. The van der Waals surface area contributed by atoms with Crippen molar-refractivity contribution in [2.45, 2.75) is 71.6 Å². The van der Waals surface area contributed by atoms with Gasteiger partial charge in [0.15, 0.2) is 0 Å². The highest BCUT2D eigenvalue weighted by atomic mass is 16.5. The smallest absolute Gasteiger partial charge is 0.144 e. The van der Waals surface area contributed by atoms with Crippen LogP contribution in [0.3, 0.4) is 0 Å². The molecule has 0 aromatic carbocycles. The molecule has 4 rings (SSSR count). The van der Waals surface area contributed by atoms with E-state index in [1.165, 1.54) is 62.7 Å². The van der Waals surface area contributed by atoms with Crippen LogP contribution in [0.15, 0.2) is 46.7 Å². The Morgan fingerprint density at radius 2 is 1.94 bits per heavy atom. The third-order valence-corrected chi connectivity index (χ3v) is 6.51. The number of methoxy groups -OCH3 is 1. The minimum atomic E-state index is 0.579. The van der Waals surface area contributed by atoms with Gasteiger partial charge in [0.05, 0.1) is 29.9 Å². The molecule has 0 fully saturated rings. The second-order valence-corrected chi connectivity index (χ2v) is 9.47. The number of aromatic amines is 2. The summed E-state index contributed by atoms with van der Waals surface area (Å²) in [5.41, 5.74) is 6.90. The molecule has 31 heavy (non-hydrogen) atoms. The van der Waals surface area contributed by atoms with E-state index in [0.29, 0.717) is 11.8 Å². The first-order valence-electron chi connectivity index (χ1n) is 12.1. The third-order valence-electron chi connectivity index (χ3n) is 6.51. The molecule has 0 saturated heterocycles. The Hall–Kier alpha value is -2.49. The molecule has 4 nitrogen and oxygen atoms in total. The highest BCUT2D eigenvalue weighted by molar-refractivity contribution is 6.00. The van der Waals surface area contributed by atoms with Crippen LogP contribution in [0.5, 0.6) is 5.75 Å². The van der Waals surface area contributed by atoms with E-state index in [1.807, 2.05) is 12.3 Å². The molecule has 166 valence electrons. The molecule has 0 amide bonds. The summed E-state index contributed by atoms with van der Waals surface area (Å²) in [6, 6.07) is 6.15. The second kappa shape index (κ2) is 10.2. The van der Waals surface area contributed by atoms with Crippen molar-refractivity contribution in [2.75, 3.05) is 7.11 Å². The molecule has 2 bridgehead atoms. The highest BCUT2D eigenvalue weighted by Crippen LogP contribution is 2.38. The van der Waals surface area contributed by atoms with Gasteiger partial charge in [-0.2, -0.15) is 0 Å². The van der Waals surface area contributed by atoms with Gasteiger partial charge >= 0.3 is 0 Å². The molecule has 1 unspecified atom stereocenters. The van der Waals surface area contributed by atoms with Gasteiger partial charge in [0.25, 0.3) is 0 Å². The van der Waals surface area contributed by atoms with Gasteiger partial charge in [0.2, 0.25) is 0 Å². The first-order chi connectivity index (χ1) is 15.1. The SMILES string of the molecule is COc1cc(-c2ccc[nH]2)[nH]c1/C=C1\N=C2C=C1C(CC(C)C)CCCCCCCC2. The Kier molecular flexibility index (Phi) is 7.16. The topological polar surface area (TPSA) is 53.2 Å². The van der Waals surface area contributed by atoms with E-state index in [4.69, 9.17) is 9.73 Å². The number of nitrogens with one attached hydrogen (secondary N) is 2. The van der Waals surface area contributed by atoms with E-state index >= 15 is 0 Å². The Balaban J connectivity index is 1.69. The average Bonchev–Trinajstić information content (AvgIpc) is 3.47. The van der Waals surface area contributed by atoms with Crippen molar-refractivity contribution in [3.05, 3.63) is 47.4 Å². The summed E-state index contributed by atoms with van der Waals surface area (Å²) in [6.45, 7) is 4.68. The number of hydrogen-bond acceptors (Lipinski definition) is 2. The zero-order chi connectivity index (χ0) is 21.6. The van der Waals surface area contributed by atoms with Gasteiger partial charge < -0.3 is 14.7 Å². The molecule has 2 aromatic heterocycles. The van der Waals surface area contributed by atoms with Crippen LogP contribution >= 0.6 is 0 Å². The summed E-state index contributed by atoms with van der Waals surface area (Å²) < 4.78 is 5.70. The van der Waals surface area contributed by atoms with Crippen LogP contribution in [0.25, 0.3) is 17.5 Å². The number of rotatable bonds is 5. The summed E-state index contributed by atoms with van der Waals surface area (Å²) in [4.78, 5) is 11.9. The van der Waals surface area contributed by atoms with Crippen LogP contribution in [0.2, 0.25) is 0 Å². The molecule has 3 heterocycles. The summed E-state index contributed by atoms with van der Waals surface area (Å²) in [5, 5.41) is 0. The molecule has 2 aliphatic rings. The van der Waals surface area contributed by atoms with E-state index in [2.05, 4.69) is 48.1 Å². The predicted molar refractivity (Wildman–Crippen MR) is 131 cm³/mol. The van der Waals surface area contributed by atoms with Gasteiger partial charge in [0.1, 0.15) is 5.75 Å². The normalized spacial score (nSPS) is 21.5. The highest BCUT2D eigenvalue weighted by Gasteiger charge is 2.25. The minimum Gasteiger partial charge on any atom is -0.494 e. The molecule has 2 aromatic rings. The molecule has 4 heteroatoms. The second-order valence-electron chi connectivity index (χ2n) is 9.47. The van der Waals surface area contributed by atoms with E-state index in [0.717, 1.165) is 34.9 Å². The van der Waals surface area contributed by atoms with Crippen LogP contribution < -0.4 is 4.74 Å².